The summed E-state index contributed by atoms with van der Waals surface area (Å²) in [6.07, 6.45) is 2.49. The molecule has 0 spiro atoms. The van der Waals surface area contributed by atoms with Crippen molar-refractivity contribution in [3.63, 3.8) is 0 Å². The number of nitrogens with one attached hydrogen (secondary N) is 1. The summed E-state index contributed by atoms with van der Waals surface area (Å²) in [5.41, 5.74) is 1.72. The summed E-state index contributed by atoms with van der Waals surface area (Å²) < 4.78 is 26.1. The van der Waals surface area contributed by atoms with E-state index in [9.17, 15) is 8.78 Å². The van der Waals surface area contributed by atoms with Gasteiger partial charge in [0.15, 0.2) is 5.82 Å². The van der Waals surface area contributed by atoms with Gasteiger partial charge in [0.2, 0.25) is 0 Å². The largest absolute Gasteiger partial charge is 0.360 e. The third kappa shape index (κ3) is 2.56. The lowest BCUT2D eigenvalue weighted by atomic mass is 10.1. The molecule has 20 heavy (non-hydrogen) atoms. The second kappa shape index (κ2) is 5.61. The Morgan fingerprint density at radius 1 is 1.40 bits per heavy atom. The van der Waals surface area contributed by atoms with Crippen LogP contribution in [-0.4, -0.2) is 19.7 Å². The van der Waals surface area contributed by atoms with Gasteiger partial charge in [0.25, 0.3) is 0 Å². The maximum atomic E-state index is 12.7. The van der Waals surface area contributed by atoms with Crippen LogP contribution < -0.4 is 5.32 Å². The standard InChI is InChI=1S/C12H12F2N6/c1-7-8(2)18-19-11(9(7)5-15)17-6-10-16-3-4-20(10)12(13)14/h3-4,12H,6H2,1-2H3,(H,17,19). The zero-order valence-corrected chi connectivity index (χ0v) is 10.9. The predicted molar refractivity (Wildman–Crippen MR) is 67.0 cm³/mol. The molecule has 0 bridgehead atoms. The van der Waals surface area contributed by atoms with Gasteiger partial charge >= 0.3 is 6.55 Å². The normalized spacial score (nSPS) is 10.6. The van der Waals surface area contributed by atoms with Crippen molar-refractivity contribution in [2.24, 2.45) is 0 Å². The van der Waals surface area contributed by atoms with E-state index in [1.807, 2.05) is 6.07 Å². The summed E-state index contributed by atoms with van der Waals surface area (Å²) in [6, 6.07) is 2.03. The number of hydrogen-bond donors (Lipinski definition) is 1. The molecule has 0 aliphatic rings. The van der Waals surface area contributed by atoms with Gasteiger partial charge in [-0.1, -0.05) is 0 Å². The highest BCUT2D eigenvalue weighted by molar-refractivity contribution is 5.55. The first-order valence-corrected chi connectivity index (χ1v) is 5.82. The molecule has 0 unspecified atom stereocenters. The topological polar surface area (TPSA) is 79.4 Å². The van der Waals surface area contributed by atoms with E-state index in [4.69, 9.17) is 5.26 Å². The molecular formula is C12H12F2N6. The number of nitriles is 1. The van der Waals surface area contributed by atoms with E-state index in [2.05, 4.69) is 20.5 Å². The SMILES string of the molecule is Cc1nnc(NCc2nccn2C(F)F)c(C#N)c1C. The van der Waals surface area contributed by atoms with E-state index in [0.717, 1.165) is 4.57 Å². The van der Waals surface area contributed by atoms with Gasteiger partial charge in [0.1, 0.15) is 17.5 Å². The van der Waals surface area contributed by atoms with E-state index >= 15 is 0 Å². The molecule has 0 aromatic carbocycles. The molecule has 2 heterocycles. The van der Waals surface area contributed by atoms with Crippen molar-refractivity contribution < 1.29 is 8.78 Å². The van der Waals surface area contributed by atoms with Crippen molar-refractivity contribution in [1.29, 1.82) is 5.26 Å². The predicted octanol–water partition coefficient (Wildman–Crippen LogP) is 2.17. The van der Waals surface area contributed by atoms with Gasteiger partial charge in [0.05, 0.1) is 12.2 Å². The number of rotatable bonds is 4. The second-order valence-corrected chi connectivity index (χ2v) is 4.13. The number of hydrogen-bond acceptors (Lipinski definition) is 5. The van der Waals surface area contributed by atoms with Gasteiger partial charge in [-0.05, 0) is 19.4 Å². The number of aromatic nitrogens is 4. The fraction of sp³-hybridized carbons (Fsp3) is 0.333. The van der Waals surface area contributed by atoms with E-state index < -0.39 is 6.55 Å². The number of alkyl halides is 2. The minimum Gasteiger partial charge on any atom is -0.360 e. The number of halogens is 2. The molecule has 0 aliphatic carbocycles. The summed E-state index contributed by atoms with van der Waals surface area (Å²) in [7, 11) is 0. The Hall–Kier alpha value is -2.56. The van der Waals surface area contributed by atoms with Crippen LogP contribution in [0, 0.1) is 25.2 Å². The monoisotopic (exact) mass is 278 g/mol. The lowest BCUT2D eigenvalue weighted by Gasteiger charge is -2.10. The van der Waals surface area contributed by atoms with E-state index in [1.165, 1.54) is 12.4 Å². The molecule has 2 rings (SSSR count). The molecule has 0 saturated heterocycles. The van der Waals surface area contributed by atoms with E-state index in [-0.39, 0.29) is 18.2 Å². The summed E-state index contributed by atoms with van der Waals surface area (Å²) in [5, 5.41) is 19.7. The van der Waals surface area contributed by atoms with E-state index in [1.54, 1.807) is 13.8 Å². The first-order valence-electron chi connectivity index (χ1n) is 5.82. The fourth-order valence-corrected chi connectivity index (χ4v) is 1.69. The Balaban J connectivity index is 2.22. The zero-order valence-electron chi connectivity index (χ0n) is 10.9. The third-order valence-corrected chi connectivity index (χ3v) is 2.94. The summed E-state index contributed by atoms with van der Waals surface area (Å²) in [4.78, 5) is 3.84. The van der Waals surface area contributed by atoms with Gasteiger partial charge in [0, 0.05) is 12.4 Å². The minimum atomic E-state index is -2.66. The van der Waals surface area contributed by atoms with Gasteiger partial charge in [-0.15, -0.1) is 5.10 Å². The van der Waals surface area contributed by atoms with Crippen LogP contribution in [0.4, 0.5) is 14.6 Å². The highest BCUT2D eigenvalue weighted by Crippen LogP contribution is 2.18. The molecular weight excluding hydrogens is 266 g/mol. The van der Waals surface area contributed by atoms with Crippen molar-refractivity contribution in [2.45, 2.75) is 26.9 Å². The minimum absolute atomic E-state index is 0.0310. The van der Waals surface area contributed by atoms with Crippen LogP contribution in [0.1, 0.15) is 29.2 Å². The van der Waals surface area contributed by atoms with Crippen LogP contribution in [0.5, 0.6) is 0 Å². The molecule has 0 fully saturated rings. The van der Waals surface area contributed by atoms with Gasteiger partial charge < -0.3 is 5.32 Å². The summed E-state index contributed by atoms with van der Waals surface area (Å²) >= 11 is 0. The summed E-state index contributed by atoms with van der Waals surface area (Å²) in [6.45, 7) is 0.878. The van der Waals surface area contributed by atoms with Gasteiger partial charge in [-0.3, -0.25) is 4.57 Å². The molecule has 0 saturated carbocycles. The average molecular weight is 278 g/mol. The van der Waals surface area contributed by atoms with Crippen molar-refractivity contribution in [3.8, 4) is 6.07 Å². The molecule has 0 aliphatic heterocycles. The third-order valence-electron chi connectivity index (χ3n) is 2.94. The van der Waals surface area contributed by atoms with Crippen LogP contribution in [0.15, 0.2) is 12.4 Å². The first-order chi connectivity index (χ1) is 9.54. The molecule has 1 N–H and O–H groups in total. The molecule has 6 nitrogen and oxygen atoms in total. The number of imidazole rings is 1. The van der Waals surface area contributed by atoms with Crippen LogP contribution in [0.25, 0.3) is 0 Å². The molecule has 0 atom stereocenters. The number of anilines is 1. The highest BCUT2D eigenvalue weighted by atomic mass is 19.3. The number of nitrogens with zero attached hydrogens (tertiary/aromatic N) is 5. The Kier molecular flexibility index (Phi) is 3.89. The fourth-order valence-electron chi connectivity index (χ4n) is 1.69. The lowest BCUT2D eigenvalue weighted by molar-refractivity contribution is 0.0673. The van der Waals surface area contributed by atoms with Crippen LogP contribution in [-0.2, 0) is 6.54 Å². The Bertz CT molecular complexity index is 658. The second-order valence-electron chi connectivity index (χ2n) is 4.13. The van der Waals surface area contributed by atoms with Crippen molar-refractivity contribution in [1.82, 2.24) is 19.7 Å². The molecule has 8 heteroatoms. The molecule has 0 amide bonds. The van der Waals surface area contributed by atoms with Crippen molar-refractivity contribution in [3.05, 3.63) is 35.0 Å². The average Bonchev–Trinajstić information content (AvgIpc) is 2.88. The van der Waals surface area contributed by atoms with Gasteiger partial charge in [-0.2, -0.15) is 19.1 Å². The maximum Gasteiger partial charge on any atom is 0.319 e. The Morgan fingerprint density at radius 2 is 2.15 bits per heavy atom. The van der Waals surface area contributed by atoms with Gasteiger partial charge in [-0.25, -0.2) is 4.98 Å². The van der Waals surface area contributed by atoms with Crippen LogP contribution >= 0.6 is 0 Å². The number of aryl methyl sites for hydroxylation is 1. The summed E-state index contributed by atoms with van der Waals surface area (Å²) in [5.74, 6) is 0.420. The maximum absolute atomic E-state index is 12.7. The quantitative estimate of drug-likeness (QED) is 0.927. The zero-order chi connectivity index (χ0) is 14.7. The Labute approximate surface area is 114 Å². The highest BCUT2D eigenvalue weighted by Gasteiger charge is 2.14. The molecule has 2 aromatic heterocycles. The van der Waals surface area contributed by atoms with Crippen molar-refractivity contribution in [2.75, 3.05) is 5.32 Å². The van der Waals surface area contributed by atoms with Crippen LogP contribution in [0.3, 0.4) is 0 Å². The lowest BCUT2D eigenvalue weighted by Crippen LogP contribution is -2.12. The van der Waals surface area contributed by atoms with E-state index in [0.29, 0.717) is 16.8 Å². The molecule has 104 valence electrons. The first kappa shape index (κ1) is 13.9. The molecule has 0 radical (unpaired) electrons. The van der Waals surface area contributed by atoms with Crippen LogP contribution in [0.2, 0.25) is 0 Å². The van der Waals surface area contributed by atoms with Crippen molar-refractivity contribution >= 4 is 5.82 Å². The smallest absolute Gasteiger partial charge is 0.319 e. The Morgan fingerprint density at radius 3 is 2.80 bits per heavy atom. The molecule has 2 aromatic rings.